The first-order chi connectivity index (χ1) is 16.3. The number of hydrogen-bond donors (Lipinski definition) is 3. The van der Waals surface area contributed by atoms with E-state index in [0.717, 1.165) is 16.8 Å². The number of nitrogens with zero attached hydrogens (tertiary/aromatic N) is 3. The highest BCUT2D eigenvalue weighted by Crippen LogP contribution is 2.22. The average Bonchev–Trinajstić information content (AvgIpc) is 3.23. The molecule has 3 rings (SSSR count). The van der Waals surface area contributed by atoms with Gasteiger partial charge < -0.3 is 25.0 Å². The van der Waals surface area contributed by atoms with Crippen LogP contribution in [0.15, 0.2) is 47.6 Å². The van der Waals surface area contributed by atoms with Gasteiger partial charge in [0.15, 0.2) is 11.0 Å². The molecule has 0 fully saturated rings. The number of carbonyl (C=O) groups is 2. The molecule has 0 saturated heterocycles. The van der Waals surface area contributed by atoms with Gasteiger partial charge in [-0.25, -0.2) is 0 Å². The Morgan fingerprint density at radius 1 is 1.12 bits per heavy atom. The summed E-state index contributed by atoms with van der Waals surface area (Å²) in [6.07, 6.45) is 0. The van der Waals surface area contributed by atoms with Crippen LogP contribution in [0.25, 0.3) is 0 Å². The van der Waals surface area contributed by atoms with Crippen LogP contribution in [0, 0.1) is 13.8 Å². The van der Waals surface area contributed by atoms with Crippen LogP contribution in [0.3, 0.4) is 0 Å². The van der Waals surface area contributed by atoms with Crippen LogP contribution >= 0.6 is 11.8 Å². The van der Waals surface area contributed by atoms with E-state index in [0.29, 0.717) is 28.8 Å². The number of methoxy groups -OCH3 is 1. The zero-order valence-corrected chi connectivity index (χ0v) is 20.5. The SMILES string of the molecule is CCn1c(SCC(=O)Nc2cc(C)cc(C)c2)nnc1[C@@H](CO)NC(=O)c1ccc(OC)cc1. The number of hydrogen-bond acceptors (Lipinski definition) is 7. The van der Waals surface area contributed by atoms with Gasteiger partial charge in [-0.05, 0) is 68.3 Å². The van der Waals surface area contributed by atoms with Crippen molar-refractivity contribution in [3.8, 4) is 5.75 Å². The van der Waals surface area contributed by atoms with Crippen molar-refractivity contribution in [1.29, 1.82) is 0 Å². The number of aromatic nitrogens is 3. The molecule has 1 aromatic heterocycles. The topological polar surface area (TPSA) is 118 Å². The third-order valence-corrected chi connectivity index (χ3v) is 6.02. The van der Waals surface area contributed by atoms with Gasteiger partial charge in [0.2, 0.25) is 5.91 Å². The van der Waals surface area contributed by atoms with Gasteiger partial charge in [0.05, 0.1) is 19.5 Å². The van der Waals surface area contributed by atoms with E-state index >= 15 is 0 Å². The van der Waals surface area contributed by atoms with Crippen LogP contribution in [-0.4, -0.2) is 51.2 Å². The molecule has 0 aliphatic heterocycles. The van der Waals surface area contributed by atoms with Crippen molar-refractivity contribution >= 4 is 29.3 Å². The lowest BCUT2D eigenvalue weighted by Crippen LogP contribution is -2.32. The lowest BCUT2D eigenvalue weighted by atomic mass is 10.1. The Hall–Kier alpha value is -3.37. The largest absolute Gasteiger partial charge is 0.497 e. The van der Waals surface area contributed by atoms with Gasteiger partial charge in [0.25, 0.3) is 5.91 Å². The molecule has 0 aliphatic rings. The summed E-state index contributed by atoms with van der Waals surface area (Å²) in [6.45, 7) is 6.03. The smallest absolute Gasteiger partial charge is 0.251 e. The van der Waals surface area contributed by atoms with Crippen molar-refractivity contribution in [2.24, 2.45) is 0 Å². The summed E-state index contributed by atoms with van der Waals surface area (Å²) in [5.41, 5.74) is 3.33. The second-order valence-corrected chi connectivity index (χ2v) is 8.68. The Labute approximate surface area is 202 Å². The molecule has 10 heteroatoms. The zero-order chi connectivity index (χ0) is 24.7. The highest BCUT2D eigenvalue weighted by molar-refractivity contribution is 7.99. The molecule has 0 spiro atoms. The number of ether oxygens (including phenoxy) is 1. The first kappa shape index (κ1) is 25.3. The minimum Gasteiger partial charge on any atom is -0.497 e. The van der Waals surface area contributed by atoms with Crippen molar-refractivity contribution < 1.29 is 19.4 Å². The molecular weight excluding hydrogens is 454 g/mol. The molecular formula is C24H29N5O4S. The Balaban J connectivity index is 1.66. The lowest BCUT2D eigenvalue weighted by molar-refractivity contribution is -0.113. The summed E-state index contributed by atoms with van der Waals surface area (Å²) in [4.78, 5) is 25.1. The fraction of sp³-hybridized carbons (Fsp3) is 0.333. The third-order valence-electron chi connectivity index (χ3n) is 5.05. The minimum absolute atomic E-state index is 0.146. The molecule has 0 saturated carbocycles. The fourth-order valence-electron chi connectivity index (χ4n) is 3.51. The molecule has 3 N–H and O–H groups in total. The van der Waals surface area contributed by atoms with Crippen LogP contribution in [-0.2, 0) is 11.3 Å². The van der Waals surface area contributed by atoms with Crippen LogP contribution in [0.1, 0.15) is 40.3 Å². The van der Waals surface area contributed by atoms with E-state index in [1.807, 2.05) is 39.0 Å². The predicted molar refractivity (Wildman–Crippen MR) is 131 cm³/mol. The van der Waals surface area contributed by atoms with Crippen molar-refractivity contribution in [2.75, 3.05) is 24.8 Å². The summed E-state index contributed by atoms with van der Waals surface area (Å²) in [6, 6.07) is 11.8. The van der Waals surface area contributed by atoms with Crippen LogP contribution in [0.2, 0.25) is 0 Å². The number of thioether (sulfide) groups is 1. The fourth-order valence-corrected chi connectivity index (χ4v) is 4.32. The van der Waals surface area contributed by atoms with Gasteiger partial charge in [-0.1, -0.05) is 17.8 Å². The second kappa shape index (κ2) is 11.7. The van der Waals surface area contributed by atoms with Gasteiger partial charge in [-0.2, -0.15) is 0 Å². The minimum atomic E-state index is -0.750. The summed E-state index contributed by atoms with van der Waals surface area (Å²) < 4.78 is 6.89. The van der Waals surface area contributed by atoms with Gasteiger partial charge in [0.1, 0.15) is 11.8 Å². The number of anilines is 1. The highest BCUT2D eigenvalue weighted by Gasteiger charge is 2.23. The molecule has 0 unspecified atom stereocenters. The number of carbonyl (C=O) groups excluding carboxylic acids is 2. The summed E-state index contributed by atoms with van der Waals surface area (Å²) >= 11 is 1.24. The van der Waals surface area contributed by atoms with Crippen molar-refractivity contribution in [1.82, 2.24) is 20.1 Å². The number of rotatable bonds is 10. The Kier molecular flexibility index (Phi) is 8.67. The van der Waals surface area contributed by atoms with Crippen molar-refractivity contribution in [3.05, 3.63) is 65.0 Å². The van der Waals surface area contributed by atoms with Gasteiger partial charge >= 0.3 is 0 Å². The van der Waals surface area contributed by atoms with Crippen LogP contribution in [0.4, 0.5) is 5.69 Å². The maximum atomic E-state index is 12.7. The Bertz CT molecular complexity index is 1130. The molecule has 3 aromatic rings. The van der Waals surface area contributed by atoms with E-state index in [-0.39, 0.29) is 24.2 Å². The highest BCUT2D eigenvalue weighted by atomic mass is 32.2. The number of nitrogens with one attached hydrogen (secondary N) is 2. The van der Waals surface area contributed by atoms with E-state index in [4.69, 9.17) is 4.74 Å². The second-order valence-electron chi connectivity index (χ2n) is 7.74. The molecule has 34 heavy (non-hydrogen) atoms. The maximum absolute atomic E-state index is 12.7. The number of amides is 2. The molecule has 0 aliphatic carbocycles. The quantitative estimate of drug-likeness (QED) is 0.379. The summed E-state index contributed by atoms with van der Waals surface area (Å²) in [5.74, 6) is 0.698. The number of aliphatic hydroxyl groups is 1. The van der Waals surface area contributed by atoms with Gasteiger partial charge in [0, 0.05) is 17.8 Å². The van der Waals surface area contributed by atoms with Crippen LogP contribution in [0.5, 0.6) is 5.75 Å². The number of benzene rings is 2. The van der Waals surface area contributed by atoms with E-state index in [1.54, 1.807) is 35.9 Å². The number of aryl methyl sites for hydroxylation is 2. The third kappa shape index (κ3) is 6.36. The van der Waals surface area contributed by atoms with Gasteiger partial charge in [-0.15, -0.1) is 10.2 Å². The maximum Gasteiger partial charge on any atom is 0.251 e. The molecule has 1 heterocycles. The first-order valence-electron chi connectivity index (χ1n) is 10.8. The molecule has 1 atom stereocenters. The van der Waals surface area contributed by atoms with Crippen molar-refractivity contribution in [3.63, 3.8) is 0 Å². The van der Waals surface area contributed by atoms with E-state index < -0.39 is 6.04 Å². The zero-order valence-electron chi connectivity index (χ0n) is 19.7. The molecule has 2 aromatic carbocycles. The van der Waals surface area contributed by atoms with Gasteiger partial charge in [-0.3, -0.25) is 9.59 Å². The Morgan fingerprint density at radius 3 is 2.38 bits per heavy atom. The van der Waals surface area contributed by atoms with E-state index in [9.17, 15) is 14.7 Å². The average molecular weight is 484 g/mol. The summed E-state index contributed by atoms with van der Waals surface area (Å²) in [7, 11) is 1.55. The standard InChI is InChI=1S/C24H29N5O4S/c1-5-29-22(20(13-30)26-23(32)17-6-8-19(33-4)9-7-17)27-28-24(29)34-14-21(31)25-18-11-15(2)10-16(3)12-18/h6-12,20,30H,5,13-14H2,1-4H3,(H,25,31)(H,26,32)/t20-/m1/s1. The van der Waals surface area contributed by atoms with Crippen molar-refractivity contribution in [2.45, 2.75) is 38.5 Å². The van der Waals surface area contributed by atoms with E-state index in [1.165, 1.54) is 11.8 Å². The summed E-state index contributed by atoms with van der Waals surface area (Å²) in [5, 5.41) is 24.5. The van der Waals surface area contributed by atoms with Crippen LogP contribution < -0.4 is 15.4 Å². The molecule has 180 valence electrons. The lowest BCUT2D eigenvalue weighted by Gasteiger charge is -2.17. The molecule has 9 nitrogen and oxygen atoms in total. The molecule has 2 amide bonds. The molecule has 0 radical (unpaired) electrons. The first-order valence-corrected chi connectivity index (χ1v) is 11.8. The normalized spacial score (nSPS) is 11.7. The number of aliphatic hydroxyl groups excluding tert-OH is 1. The Morgan fingerprint density at radius 2 is 1.79 bits per heavy atom. The molecule has 0 bridgehead atoms. The monoisotopic (exact) mass is 483 g/mol. The van der Waals surface area contributed by atoms with E-state index in [2.05, 4.69) is 20.8 Å². The predicted octanol–water partition coefficient (Wildman–Crippen LogP) is 3.12.